The van der Waals surface area contributed by atoms with Crippen LogP contribution in [0.3, 0.4) is 0 Å². The third-order valence-corrected chi connectivity index (χ3v) is 2.41. The van der Waals surface area contributed by atoms with Gasteiger partial charge in [-0.05, 0) is 31.6 Å². The fourth-order valence-corrected chi connectivity index (χ4v) is 1.60. The van der Waals surface area contributed by atoms with Crippen LogP contribution < -0.4 is 0 Å². The van der Waals surface area contributed by atoms with Crippen molar-refractivity contribution in [3.05, 3.63) is 12.2 Å². The Kier molecular flexibility index (Phi) is 3.34. The first-order valence-corrected chi connectivity index (χ1v) is 4.76. The number of halogens is 1. The molecule has 0 bridgehead atoms. The van der Waals surface area contributed by atoms with Crippen molar-refractivity contribution in [2.24, 2.45) is 5.92 Å². The summed E-state index contributed by atoms with van der Waals surface area (Å²) in [5.41, 5.74) is 0. The zero-order valence-corrected chi connectivity index (χ0v) is 7.23. The molecule has 0 nitrogen and oxygen atoms in total. The van der Waals surface area contributed by atoms with E-state index in [0.29, 0.717) is 0 Å². The van der Waals surface area contributed by atoms with Crippen LogP contribution in [-0.2, 0) is 0 Å². The van der Waals surface area contributed by atoms with E-state index in [0.717, 1.165) is 5.92 Å². The molecule has 0 saturated heterocycles. The van der Waals surface area contributed by atoms with E-state index in [1.54, 1.807) is 0 Å². The highest BCUT2D eigenvalue weighted by atomic mass is 79.9. The molecular weight excluding hydrogens is 176 g/mol. The van der Waals surface area contributed by atoms with Crippen molar-refractivity contribution in [3.63, 3.8) is 0 Å². The fourth-order valence-electron chi connectivity index (χ4n) is 1.28. The van der Waals surface area contributed by atoms with Crippen LogP contribution >= 0.6 is 15.9 Å². The topological polar surface area (TPSA) is 0 Å². The summed E-state index contributed by atoms with van der Waals surface area (Å²) >= 11 is 3.44. The Hall–Kier alpha value is 0.220. The van der Waals surface area contributed by atoms with Gasteiger partial charge in [0.25, 0.3) is 0 Å². The summed E-state index contributed by atoms with van der Waals surface area (Å²) < 4.78 is 0. The lowest BCUT2D eigenvalue weighted by molar-refractivity contribution is 0.516. The molecule has 52 valence electrons. The van der Waals surface area contributed by atoms with Gasteiger partial charge >= 0.3 is 0 Å². The summed E-state index contributed by atoms with van der Waals surface area (Å²) in [6.45, 7) is 0. The summed E-state index contributed by atoms with van der Waals surface area (Å²) in [4.78, 5) is 0. The summed E-state index contributed by atoms with van der Waals surface area (Å²) in [5, 5.41) is 1.17. The lowest BCUT2D eigenvalue weighted by Crippen LogP contribution is -1.92. The lowest BCUT2D eigenvalue weighted by atomic mass is 10.0. The van der Waals surface area contributed by atoms with Crippen LogP contribution in [0.2, 0.25) is 0 Å². The van der Waals surface area contributed by atoms with E-state index in [1.165, 1.54) is 31.0 Å². The predicted molar refractivity (Wildman–Crippen MR) is 44.9 cm³/mol. The molecule has 0 aromatic rings. The lowest BCUT2D eigenvalue weighted by Gasteiger charge is -2.05. The second-order valence-electron chi connectivity index (χ2n) is 2.64. The van der Waals surface area contributed by atoms with Gasteiger partial charge in [-0.3, -0.25) is 0 Å². The Bertz CT molecular complexity index is 88.7. The van der Waals surface area contributed by atoms with E-state index < -0.39 is 0 Å². The van der Waals surface area contributed by atoms with Gasteiger partial charge in [0, 0.05) is 5.33 Å². The van der Waals surface area contributed by atoms with Gasteiger partial charge in [-0.1, -0.05) is 28.1 Å². The smallest absolute Gasteiger partial charge is 0.00314 e. The SMILES string of the molecule is BrCCCC1CC=CC1. The van der Waals surface area contributed by atoms with E-state index >= 15 is 0 Å². The van der Waals surface area contributed by atoms with Gasteiger partial charge in [-0.25, -0.2) is 0 Å². The van der Waals surface area contributed by atoms with E-state index in [-0.39, 0.29) is 0 Å². The van der Waals surface area contributed by atoms with Gasteiger partial charge in [0.15, 0.2) is 0 Å². The van der Waals surface area contributed by atoms with Crippen LogP contribution in [0.15, 0.2) is 12.2 Å². The van der Waals surface area contributed by atoms with Crippen molar-refractivity contribution in [1.29, 1.82) is 0 Å². The number of hydrogen-bond donors (Lipinski definition) is 0. The molecule has 9 heavy (non-hydrogen) atoms. The fraction of sp³-hybridized carbons (Fsp3) is 0.750. The molecule has 0 amide bonds. The summed E-state index contributed by atoms with van der Waals surface area (Å²) in [6, 6.07) is 0. The molecule has 0 unspecified atom stereocenters. The van der Waals surface area contributed by atoms with Crippen LogP contribution in [0.25, 0.3) is 0 Å². The third kappa shape index (κ3) is 2.53. The third-order valence-electron chi connectivity index (χ3n) is 1.85. The molecule has 0 aromatic carbocycles. The van der Waals surface area contributed by atoms with E-state index in [2.05, 4.69) is 28.1 Å². The van der Waals surface area contributed by atoms with Gasteiger partial charge in [0.1, 0.15) is 0 Å². The molecule has 1 heteroatoms. The minimum absolute atomic E-state index is 0.975. The second kappa shape index (κ2) is 4.10. The van der Waals surface area contributed by atoms with Crippen molar-refractivity contribution in [2.45, 2.75) is 25.7 Å². The van der Waals surface area contributed by atoms with Gasteiger partial charge in [0.05, 0.1) is 0 Å². The van der Waals surface area contributed by atoms with Crippen molar-refractivity contribution in [3.8, 4) is 0 Å². The summed E-state index contributed by atoms with van der Waals surface area (Å²) in [7, 11) is 0. The summed E-state index contributed by atoms with van der Waals surface area (Å²) in [5.74, 6) is 0.975. The van der Waals surface area contributed by atoms with Crippen molar-refractivity contribution in [1.82, 2.24) is 0 Å². The monoisotopic (exact) mass is 188 g/mol. The number of allylic oxidation sites excluding steroid dienone is 2. The average Bonchev–Trinajstić information content (AvgIpc) is 2.34. The van der Waals surface area contributed by atoms with Crippen LogP contribution in [0, 0.1) is 5.92 Å². The Morgan fingerprint density at radius 2 is 2.00 bits per heavy atom. The minimum Gasteiger partial charge on any atom is -0.0928 e. The van der Waals surface area contributed by atoms with Gasteiger partial charge in [0.2, 0.25) is 0 Å². The predicted octanol–water partition coefficient (Wildman–Crippen LogP) is 3.13. The zero-order valence-electron chi connectivity index (χ0n) is 5.65. The van der Waals surface area contributed by atoms with E-state index in [9.17, 15) is 0 Å². The normalized spacial score (nSPS) is 19.2. The first-order chi connectivity index (χ1) is 4.43. The molecule has 0 atom stereocenters. The molecule has 0 fully saturated rings. The first kappa shape index (κ1) is 7.33. The molecular formula is C8H13Br. The number of rotatable bonds is 3. The number of alkyl halides is 1. The first-order valence-electron chi connectivity index (χ1n) is 3.64. The molecule has 0 heterocycles. The van der Waals surface area contributed by atoms with E-state index in [1.807, 2.05) is 0 Å². The molecule has 0 aliphatic heterocycles. The largest absolute Gasteiger partial charge is 0.0928 e. The summed E-state index contributed by atoms with van der Waals surface area (Å²) in [6.07, 6.45) is 10.0. The molecule has 0 N–H and O–H groups in total. The second-order valence-corrected chi connectivity index (χ2v) is 3.43. The van der Waals surface area contributed by atoms with Gasteiger partial charge < -0.3 is 0 Å². The minimum atomic E-state index is 0.975. The van der Waals surface area contributed by atoms with Crippen molar-refractivity contribution >= 4 is 15.9 Å². The molecule has 1 rings (SSSR count). The Morgan fingerprint density at radius 1 is 1.33 bits per heavy atom. The standard InChI is InChI=1S/C8H13Br/c9-7-3-6-8-4-1-2-5-8/h1-2,8H,3-7H2. The van der Waals surface area contributed by atoms with Gasteiger partial charge in [-0.15, -0.1) is 0 Å². The highest BCUT2D eigenvalue weighted by Gasteiger charge is 2.07. The zero-order chi connectivity index (χ0) is 6.53. The van der Waals surface area contributed by atoms with Crippen LogP contribution in [0.4, 0.5) is 0 Å². The Labute approximate surface area is 65.5 Å². The Morgan fingerprint density at radius 3 is 2.56 bits per heavy atom. The quantitative estimate of drug-likeness (QED) is 0.472. The molecule has 1 aliphatic rings. The number of hydrogen-bond acceptors (Lipinski definition) is 0. The molecule has 1 aliphatic carbocycles. The maximum absolute atomic E-state index is 3.44. The highest BCUT2D eigenvalue weighted by molar-refractivity contribution is 9.09. The molecule has 0 aromatic heterocycles. The van der Waals surface area contributed by atoms with Crippen molar-refractivity contribution < 1.29 is 0 Å². The van der Waals surface area contributed by atoms with Crippen LogP contribution in [-0.4, -0.2) is 5.33 Å². The molecule has 0 saturated carbocycles. The van der Waals surface area contributed by atoms with Crippen LogP contribution in [0.5, 0.6) is 0 Å². The molecule has 0 radical (unpaired) electrons. The van der Waals surface area contributed by atoms with Crippen molar-refractivity contribution in [2.75, 3.05) is 5.33 Å². The maximum atomic E-state index is 3.44. The highest BCUT2D eigenvalue weighted by Crippen LogP contribution is 2.22. The maximum Gasteiger partial charge on any atom is 0.00314 e. The van der Waals surface area contributed by atoms with E-state index in [4.69, 9.17) is 0 Å². The average molecular weight is 189 g/mol. The Balaban J connectivity index is 2.01. The molecule has 0 spiro atoms. The van der Waals surface area contributed by atoms with Crippen LogP contribution in [0.1, 0.15) is 25.7 Å². The van der Waals surface area contributed by atoms with Gasteiger partial charge in [-0.2, -0.15) is 0 Å².